The molecule has 0 radical (unpaired) electrons. The summed E-state index contributed by atoms with van der Waals surface area (Å²) in [4.78, 5) is 5.56. The van der Waals surface area contributed by atoms with Crippen LogP contribution in [0.25, 0.3) is 0 Å². The Morgan fingerprint density at radius 2 is 2.25 bits per heavy atom. The molecule has 5 heteroatoms. The van der Waals surface area contributed by atoms with Crippen LogP contribution in [-0.2, 0) is 6.42 Å². The zero-order valence-electron chi connectivity index (χ0n) is 11.9. The van der Waals surface area contributed by atoms with E-state index in [0.717, 1.165) is 22.3 Å². The molecular formula is C15H19BrN2OS. The van der Waals surface area contributed by atoms with Gasteiger partial charge in [-0.2, -0.15) is 0 Å². The molecule has 1 unspecified atom stereocenters. The maximum absolute atomic E-state index is 5.98. The van der Waals surface area contributed by atoms with Crippen molar-refractivity contribution in [3.05, 3.63) is 44.3 Å². The first-order valence-electron chi connectivity index (χ1n) is 6.60. The van der Waals surface area contributed by atoms with Crippen LogP contribution >= 0.6 is 27.3 Å². The first kappa shape index (κ1) is 15.5. The topological polar surface area (TPSA) is 34.1 Å². The van der Waals surface area contributed by atoms with Crippen molar-refractivity contribution >= 4 is 27.3 Å². The number of thiazole rings is 1. The van der Waals surface area contributed by atoms with Gasteiger partial charge in [0.2, 0.25) is 0 Å². The summed E-state index contributed by atoms with van der Waals surface area (Å²) in [5, 5.41) is 3.25. The standard InChI is InChI=1S/C15H19BrN2OS/c1-10(17-3)13-5-4-12(16)8-14(13)19-7-6-15-11(2)18-9-20-15/h4-5,8-10,17H,6-7H2,1-3H3. The fourth-order valence-electron chi connectivity index (χ4n) is 1.97. The summed E-state index contributed by atoms with van der Waals surface area (Å²) in [6.45, 7) is 4.84. The molecule has 0 saturated carbocycles. The van der Waals surface area contributed by atoms with Crippen molar-refractivity contribution < 1.29 is 4.74 Å². The number of hydrogen-bond donors (Lipinski definition) is 1. The van der Waals surface area contributed by atoms with Crippen LogP contribution in [-0.4, -0.2) is 18.6 Å². The van der Waals surface area contributed by atoms with Gasteiger partial charge >= 0.3 is 0 Å². The van der Waals surface area contributed by atoms with Crippen LogP contribution in [0.4, 0.5) is 0 Å². The van der Waals surface area contributed by atoms with Crippen LogP contribution in [0.5, 0.6) is 5.75 Å². The van der Waals surface area contributed by atoms with Gasteiger partial charge in [-0.3, -0.25) is 0 Å². The van der Waals surface area contributed by atoms with Gasteiger partial charge in [-0.05, 0) is 33.0 Å². The van der Waals surface area contributed by atoms with Gasteiger partial charge in [0.1, 0.15) is 5.75 Å². The normalized spacial score (nSPS) is 12.4. The Kier molecular flexibility index (Phi) is 5.57. The Hall–Kier alpha value is -0.910. The van der Waals surface area contributed by atoms with Gasteiger partial charge in [-0.15, -0.1) is 11.3 Å². The summed E-state index contributed by atoms with van der Waals surface area (Å²) < 4.78 is 7.01. The Morgan fingerprint density at radius 3 is 2.90 bits per heavy atom. The molecule has 0 spiro atoms. The number of benzene rings is 1. The molecule has 0 aliphatic heterocycles. The molecular weight excluding hydrogens is 336 g/mol. The lowest BCUT2D eigenvalue weighted by Crippen LogP contribution is -2.14. The van der Waals surface area contributed by atoms with E-state index in [9.17, 15) is 0 Å². The lowest BCUT2D eigenvalue weighted by atomic mass is 10.1. The Labute approximate surface area is 132 Å². The predicted molar refractivity (Wildman–Crippen MR) is 87.7 cm³/mol. The van der Waals surface area contributed by atoms with E-state index < -0.39 is 0 Å². The number of rotatable bonds is 6. The number of nitrogens with zero attached hydrogens (tertiary/aromatic N) is 1. The van der Waals surface area contributed by atoms with Crippen molar-refractivity contribution in [2.45, 2.75) is 26.3 Å². The van der Waals surface area contributed by atoms with Gasteiger partial charge in [0.25, 0.3) is 0 Å². The lowest BCUT2D eigenvalue weighted by molar-refractivity contribution is 0.316. The van der Waals surface area contributed by atoms with Crippen LogP contribution < -0.4 is 10.1 Å². The van der Waals surface area contributed by atoms with Crippen molar-refractivity contribution in [1.82, 2.24) is 10.3 Å². The van der Waals surface area contributed by atoms with E-state index in [1.807, 2.05) is 31.6 Å². The van der Waals surface area contributed by atoms with Crippen molar-refractivity contribution in [3.63, 3.8) is 0 Å². The molecule has 2 rings (SSSR count). The van der Waals surface area contributed by atoms with Gasteiger partial charge in [0.05, 0.1) is 17.8 Å². The second kappa shape index (κ2) is 7.20. The molecule has 1 aromatic heterocycles. The van der Waals surface area contributed by atoms with Crippen LogP contribution in [0.15, 0.2) is 28.2 Å². The van der Waals surface area contributed by atoms with Crippen molar-refractivity contribution in [2.24, 2.45) is 0 Å². The van der Waals surface area contributed by atoms with Crippen LogP contribution in [0.1, 0.15) is 29.1 Å². The highest BCUT2D eigenvalue weighted by atomic mass is 79.9. The molecule has 1 heterocycles. The molecule has 0 aliphatic rings. The third-order valence-electron chi connectivity index (χ3n) is 3.31. The van der Waals surface area contributed by atoms with E-state index in [0.29, 0.717) is 6.61 Å². The number of aryl methyl sites for hydroxylation is 1. The number of aromatic nitrogens is 1. The van der Waals surface area contributed by atoms with Crippen LogP contribution in [0.2, 0.25) is 0 Å². The minimum Gasteiger partial charge on any atom is -0.493 e. The fourth-order valence-corrected chi connectivity index (χ4v) is 3.07. The molecule has 1 atom stereocenters. The van der Waals surface area contributed by atoms with E-state index in [1.165, 1.54) is 10.4 Å². The van der Waals surface area contributed by atoms with Crippen molar-refractivity contribution in [3.8, 4) is 5.75 Å². The highest BCUT2D eigenvalue weighted by Crippen LogP contribution is 2.28. The van der Waals surface area contributed by atoms with E-state index in [4.69, 9.17) is 4.74 Å². The zero-order valence-corrected chi connectivity index (χ0v) is 14.3. The summed E-state index contributed by atoms with van der Waals surface area (Å²) in [5.41, 5.74) is 4.17. The molecule has 0 aliphatic carbocycles. The Bertz CT molecular complexity index is 571. The minimum absolute atomic E-state index is 0.267. The van der Waals surface area contributed by atoms with Gasteiger partial charge in [-0.25, -0.2) is 4.98 Å². The minimum atomic E-state index is 0.267. The quantitative estimate of drug-likeness (QED) is 0.847. The highest BCUT2D eigenvalue weighted by Gasteiger charge is 2.11. The number of nitrogens with one attached hydrogen (secondary N) is 1. The molecule has 108 valence electrons. The summed E-state index contributed by atoms with van der Waals surface area (Å²) in [6.07, 6.45) is 0.899. The maximum atomic E-state index is 5.98. The molecule has 0 saturated heterocycles. The number of ether oxygens (including phenoxy) is 1. The third kappa shape index (κ3) is 3.81. The average Bonchev–Trinajstić information content (AvgIpc) is 2.84. The third-order valence-corrected chi connectivity index (χ3v) is 4.79. The first-order chi connectivity index (χ1) is 9.61. The monoisotopic (exact) mass is 354 g/mol. The van der Waals surface area contributed by atoms with Gasteiger partial charge in [0, 0.05) is 27.4 Å². The smallest absolute Gasteiger partial charge is 0.125 e. The molecule has 3 nitrogen and oxygen atoms in total. The molecule has 0 fully saturated rings. The molecule has 0 bridgehead atoms. The van der Waals surface area contributed by atoms with Crippen LogP contribution in [0, 0.1) is 6.92 Å². The number of halogens is 1. The summed E-state index contributed by atoms with van der Waals surface area (Å²) in [5.74, 6) is 0.934. The summed E-state index contributed by atoms with van der Waals surface area (Å²) >= 11 is 5.19. The van der Waals surface area contributed by atoms with E-state index in [1.54, 1.807) is 11.3 Å². The van der Waals surface area contributed by atoms with Crippen LogP contribution in [0.3, 0.4) is 0 Å². The Balaban J connectivity index is 2.04. The van der Waals surface area contributed by atoms with E-state index in [2.05, 4.69) is 39.2 Å². The fraction of sp³-hybridized carbons (Fsp3) is 0.400. The molecule has 20 heavy (non-hydrogen) atoms. The first-order valence-corrected chi connectivity index (χ1v) is 8.27. The average molecular weight is 355 g/mol. The number of hydrogen-bond acceptors (Lipinski definition) is 4. The molecule has 2 aromatic rings. The largest absolute Gasteiger partial charge is 0.493 e. The molecule has 0 amide bonds. The zero-order chi connectivity index (χ0) is 14.5. The maximum Gasteiger partial charge on any atom is 0.125 e. The molecule has 1 aromatic carbocycles. The Morgan fingerprint density at radius 1 is 1.45 bits per heavy atom. The highest BCUT2D eigenvalue weighted by molar-refractivity contribution is 9.10. The predicted octanol–water partition coefficient (Wildman–Crippen LogP) is 4.12. The second-order valence-corrected chi connectivity index (χ2v) is 6.51. The van der Waals surface area contributed by atoms with E-state index in [-0.39, 0.29) is 6.04 Å². The SMILES string of the molecule is CNC(C)c1ccc(Br)cc1OCCc1scnc1C. The van der Waals surface area contributed by atoms with E-state index >= 15 is 0 Å². The lowest BCUT2D eigenvalue weighted by Gasteiger charge is -2.17. The van der Waals surface area contributed by atoms with Crippen molar-refractivity contribution in [1.29, 1.82) is 0 Å². The second-order valence-electron chi connectivity index (χ2n) is 4.65. The van der Waals surface area contributed by atoms with Gasteiger partial charge in [-0.1, -0.05) is 22.0 Å². The molecule has 1 N–H and O–H groups in total. The summed E-state index contributed by atoms with van der Waals surface area (Å²) in [6, 6.07) is 6.44. The summed E-state index contributed by atoms with van der Waals surface area (Å²) in [7, 11) is 1.96. The van der Waals surface area contributed by atoms with Gasteiger partial charge in [0.15, 0.2) is 0 Å². The van der Waals surface area contributed by atoms with Gasteiger partial charge < -0.3 is 10.1 Å². The van der Waals surface area contributed by atoms with Crippen molar-refractivity contribution in [2.75, 3.05) is 13.7 Å².